The van der Waals surface area contributed by atoms with Crippen molar-refractivity contribution in [2.24, 2.45) is 5.41 Å². The van der Waals surface area contributed by atoms with Gasteiger partial charge in [0.1, 0.15) is 0 Å². The molecule has 4 heteroatoms. The maximum absolute atomic E-state index is 13.0. The molecule has 2 rings (SSSR count). The summed E-state index contributed by atoms with van der Waals surface area (Å²) in [6.45, 7) is 2.52. The van der Waals surface area contributed by atoms with Gasteiger partial charge in [-0.15, -0.1) is 0 Å². The fourth-order valence-corrected chi connectivity index (χ4v) is 2.59. The van der Waals surface area contributed by atoms with Gasteiger partial charge >= 0.3 is 0 Å². The van der Waals surface area contributed by atoms with Crippen LogP contribution >= 0.6 is 0 Å². The summed E-state index contributed by atoms with van der Waals surface area (Å²) in [7, 11) is 1.97. The summed E-state index contributed by atoms with van der Waals surface area (Å²) in [4.78, 5) is 0. The van der Waals surface area contributed by atoms with Gasteiger partial charge in [0.05, 0.1) is 0 Å². The van der Waals surface area contributed by atoms with Crippen molar-refractivity contribution in [3.8, 4) is 0 Å². The second-order valence-corrected chi connectivity index (χ2v) is 5.24. The third-order valence-electron chi connectivity index (χ3n) is 3.78. The standard InChI is InChI=1S/C14H20F2N2/c1-17-9-14(5-2-6-14)10-18-8-11-3-4-12(15)13(16)7-11/h3-4,7,17-18H,2,5-6,8-10H2,1H3. The zero-order valence-electron chi connectivity index (χ0n) is 10.7. The van der Waals surface area contributed by atoms with Crippen molar-refractivity contribution < 1.29 is 8.78 Å². The number of hydrogen-bond donors (Lipinski definition) is 2. The fourth-order valence-electron chi connectivity index (χ4n) is 2.59. The normalized spacial score (nSPS) is 17.5. The molecule has 0 saturated heterocycles. The lowest BCUT2D eigenvalue weighted by Crippen LogP contribution is -2.46. The van der Waals surface area contributed by atoms with E-state index in [2.05, 4.69) is 10.6 Å². The number of nitrogens with one attached hydrogen (secondary N) is 2. The van der Waals surface area contributed by atoms with Gasteiger partial charge < -0.3 is 10.6 Å². The molecule has 0 heterocycles. The molecule has 0 bridgehead atoms. The largest absolute Gasteiger partial charge is 0.319 e. The average molecular weight is 254 g/mol. The molecule has 0 spiro atoms. The minimum Gasteiger partial charge on any atom is -0.319 e. The molecular weight excluding hydrogens is 234 g/mol. The van der Waals surface area contributed by atoms with Crippen molar-refractivity contribution in [1.29, 1.82) is 0 Å². The van der Waals surface area contributed by atoms with Gasteiger partial charge in [-0.3, -0.25) is 0 Å². The summed E-state index contributed by atoms with van der Waals surface area (Å²) in [5, 5.41) is 6.57. The monoisotopic (exact) mass is 254 g/mol. The summed E-state index contributed by atoms with van der Waals surface area (Å²) < 4.78 is 25.8. The molecule has 2 N–H and O–H groups in total. The highest BCUT2D eigenvalue weighted by Gasteiger charge is 2.35. The van der Waals surface area contributed by atoms with Gasteiger partial charge in [0, 0.05) is 19.6 Å². The zero-order chi connectivity index (χ0) is 13.0. The molecule has 1 saturated carbocycles. The van der Waals surface area contributed by atoms with E-state index in [4.69, 9.17) is 0 Å². The van der Waals surface area contributed by atoms with E-state index in [9.17, 15) is 8.78 Å². The average Bonchev–Trinajstić information content (AvgIpc) is 2.30. The summed E-state index contributed by atoms with van der Waals surface area (Å²) in [6.07, 6.45) is 3.76. The van der Waals surface area contributed by atoms with Crippen LogP contribution in [0.3, 0.4) is 0 Å². The highest BCUT2D eigenvalue weighted by molar-refractivity contribution is 5.17. The molecule has 2 nitrogen and oxygen atoms in total. The smallest absolute Gasteiger partial charge is 0.159 e. The predicted molar refractivity (Wildman–Crippen MR) is 68.3 cm³/mol. The lowest BCUT2D eigenvalue weighted by atomic mass is 9.68. The quantitative estimate of drug-likeness (QED) is 0.815. The first-order chi connectivity index (χ1) is 8.65. The Bertz CT molecular complexity index is 403. The Morgan fingerprint density at radius 2 is 1.94 bits per heavy atom. The van der Waals surface area contributed by atoms with Crippen molar-refractivity contribution in [2.75, 3.05) is 20.1 Å². The number of halogens is 2. The maximum atomic E-state index is 13.0. The van der Waals surface area contributed by atoms with E-state index in [1.807, 2.05) is 7.05 Å². The molecule has 18 heavy (non-hydrogen) atoms. The van der Waals surface area contributed by atoms with Crippen LogP contribution in [0.15, 0.2) is 18.2 Å². The molecule has 1 aromatic carbocycles. The van der Waals surface area contributed by atoms with Gasteiger partial charge in [-0.05, 0) is 43.0 Å². The number of hydrogen-bond acceptors (Lipinski definition) is 2. The Morgan fingerprint density at radius 3 is 2.50 bits per heavy atom. The SMILES string of the molecule is CNCC1(CNCc2ccc(F)c(F)c2)CCC1. The summed E-state index contributed by atoms with van der Waals surface area (Å²) in [6, 6.07) is 4.06. The van der Waals surface area contributed by atoms with E-state index in [-0.39, 0.29) is 0 Å². The molecular formula is C14H20F2N2. The third-order valence-corrected chi connectivity index (χ3v) is 3.78. The van der Waals surface area contributed by atoms with Gasteiger partial charge in [0.25, 0.3) is 0 Å². The Morgan fingerprint density at radius 1 is 1.17 bits per heavy atom. The second kappa shape index (κ2) is 5.76. The van der Waals surface area contributed by atoms with E-state index in [0.29, 0.717) is 12.0 Å². The van der Waals surface area contributed by atoms with Crippen LogP contribution in [-0.4, -0.2) is 20.1 Å². The molecule has 0 aliphatic heterocycles. The first-order valence-electron chi connectivity index (χ1n) is 6.44. The minimum absolute atomic E-state index is 0.354. The molecule has 0 radical (unpaired) electrons. The Hall–Kier alpha value is -1.00. The molecule has 0 atom stereocenters. The van der Waals surface area contributed by atoms with E-state index >= 15 is 0 Å². The van der Waals surface area contributed by atoms with Gasteiger partial charge in [-0.1, -0.05) is 12.5 Å². The Kier molecular flexibility index (Phi) is 4.30. The number of benzene rings is 1. The maximum Gasteiger partial charge on any atom is 0.159 e. The summed E-state index contributed by atoms with van der Waals surface area (Å²) in [5.74, 6) is -1.56. The Balaban J connectivity index is 1.82. The highest BCUT2D eigenvalue weighted by atomic mass is 19.2. The van der Waals surface area contributed by atoms with E-state index in [1.165, 1.54) is 31.4 Å². The molecule has 1 aliphatic rings. The first-order valence-corrected chi connectivity index (χ1v) is 6.44. The van der Waals surface area contributed by atoms with Gasteiger partial charge in [0.2, 0.25) is 0 Å². The van der Waals surface area contributed by atoms with Crippen LogP contribution in [0.4, 0.5) is 8.78 Å². The van der Waals surface area contributed by atoms with Crippen molar-refractivity contribution in [3.63, 3.8) is 0 Å². The zero-order valence-corrected chi connectivity index (χ0v) is 10.7. The van der Waals surface area contributed by atoms with Crippen LogP contribution in [0, 0.1) is 17.0 Å². The van der Waals surface area contributed by atoms with Gasteiger partial charge in [-0.25, -0.2) is 8.78 Å². The Labute approximate surface area is 107 Å². The van der Waals surface area contributed by atoms with Crippen LogP contribution in [-0.2, 0) is 6.54 Å². The van der Waals surface area contributed by atoms with E-state index in [1.54, 1.807) is 6.07 Å². The fraction of sp³-hybridized carbons (Fsp3) is 0.571. The predicted octanol–water partition coefficient (Wildman–Crippen LogP) is 2.44. The van der Waals surface area contributed by atoms with Crippen LogP contribution in [0.1, 0.15) is 24.8 Å². The van der Waals surface area contributed by atoms with Gasteiger partial charge in [0.15, 0.2) is 11.6 Å². The lowest BCUT2D eigenvalue weighted by Gasteiger charge is -2.42. The number of rotatable bonds is 6. The summed E-state index contributed by atoms with van der Waals surface area (Å²) >= 11 is 0. The topological polar surface area (TPSA) is 24.1 Å². The third kappa shape index (κ3) is 3.06. The van der Waals surface area contributed by atoms with Crippen molar-refractivity contribution in [2.45, 2.75) is 25.8 Å². The minimum atomic E-state index is -0.788. The van der Waals surface area contributed by atoms with Crippen molar-refractivity contribution in [3.05, 3.63) is 35.4 Å². The molecule has 0 aromatic heterocycles. The summed E-state index contributed by atoms with van der Waals surface area (Å²) in [5.41, 5.74) is 1.14. The molecule has 0 unspecified atom stereocenters. The molecule has 1 aromatic rings. The molecule has 0 amide bonds. The van der Waals surface area contributed by atoms with E-state index < -0.39 is 11.6 Å². The highest BCUT2D eigenvalue weighted by Crippen LogP contribution is 2.39. The molecule has 1 aliphatic carbocycles. The molecule has 1 fully saturated rings. The van der Waals surface area contributed by atoms with E-state index in [0.717, 1.165) is 18.7 Å². The van der Waals surface area contributed by atoms with Gasteiger partial charge in [-0.2, -0.15) is 0 Å². The van der Waals surface area contributed by atoms with Crippen molar-refractivity contribution in [1.82, 2.24) is 10.6 Å². The second-order valence-electron chi connectivity index (χ2n) is 5.24. The first kappa shape index (κ1) is 13.4. The van der Waals surface area contributed by atoms with Crippen LogP contribution in [0.5, 0.6) is 0 Å². The van der Waals surface area contributed by atoms with Crippen molar-refractivity contribution >= 4 is 0 Å². The van der Waals surface area contributed by atoms with Crippen LogP contribution in [0.2, 0.25) is 0 Å². The van der Waals surface area contributed by atoms with Crippen LogP contribution < -0.4 is 10.6 Å². The van der Waals surface area contributed by atoms with Crippen LogP contribution in [0.25, 0.3) is 0 Å². The lowest BCUT2D eigenvalue weighted by molar-refractivity contribution is 0.130. The molecule has 100 valence electrons.